The number of hydrogen-bond acceptors (Lipinski definition) is 2. The van der Waals surface area contributed by atoms with Gasteiger partial charge in [0.05, 0.1) is 0 Å². The molecule has 0 saturated heterocycles. The predicted molar refractivity (Wildman–Crippen MR) is 54.6 cm³/mol. The minimum Gasteiger partial charge on any atom is -0.481 e. The monoisotopic (exact) mass is 222 g/mol. The molecule has 1 unspecified atom stereocenters. The standard InChI is InChI=1S/C12H11FO3/c13-9-3-1-2-8(6-9)12(11(15)16)5-4-10(14)7-12/h1-3,6H,4-5,7H2,(H,15,16). The van der Waals surface area contributed by atoms with E-state index in [1.807, 2.05) is 0 Å². The summed E-state index contributed by atoms with van der Waals surface area (Å²) in [4.78, 5) is 22.6. The van der Waals surface area contributed by atoms with Gasteiger partial charge in [0.1, 0.15) is 17.0 Å². The molecule has 1 saturated carbocycles. The van der Waals surface area contributed by atoms with Crippen molar-refractivity contribution < 1.29 is 19.1 Å². The molecule has 84 valence electrons. The Balaban J connectivity index is 2.48. The first kappa shape index (κ1) is 10.8. The highest BCUT2D eigenvalue weighted by Crippen LogP contribution is 2.39. The van der Waals surface area contributed by atoms with E-state index in [4.69, 9.17) is 0 Å². The topological polar surface area (TPSA) is 54.4 Å². The lowest BCUT2D eigenvalue weighted by molar-refractivity contribution is -0.144. The fourth-order valence-electron chi connectivity index (χ4n) is 2.20. The predicted octanol–water partition coefficient (Wildman–Crippen LogP) is 1.90. The molecule has 1 aliphatic carbocycles. The molecule has 1 aromatic carbocycles. The van der Waals surface area contributed by atoms with Crippen molar-refractivity contribution in [1.29, 1.82) is 0 Å². The zero-order chi connectivity index (χ0) is 11.8. The van der Waals surface area contributed by atoms with Crippen LogP contribution in [0.2, 0.25) is 0 Å². The van der Waals surface area contributed by atoms with Crippen LogP contribution in [0.5, 0.6) is 0 Å². The number of rotatable bonds is 2. The summed E-state index contributed by atoms with van der Waals surface area (Å²) in [5.74, 6) is -1.60. The molecular formula is C12H11FO3. The number of carbonyl (C=O) groups excluding carboxylic acids is 1. The van der Waals surface area contributed by atoms with Crippen LogP contribution < -0.4 is 0 Å². The molecule has 0 aliphatic heterocycles. The minimum absolute atomic E-state index is 0.0359. The summed E-state index contributed by atoms with van der Waals surface area (Å²) in [5.41, 5.74) is -0.843. The van der Waals surface area contributed by atoms with E-state index >= 15 is 0 Å². The minimum atomic E-state index is -1.22. The summed E-state index contributed by atoms with van der Waals surface area (Å²) in [6.45, 7) is 0. The first-order chi connectivity index (χ1) is 7.54. The van der Waals surface area contributed by atoms with Crippen LogP contribution in [0.1, 0.15) is 24.8 Å². The molecule has 0 aromatic heterocycles. The Labute approximate surface area is 91.9 Å². The van der Waals surface area contributed by atoms with Gasteiger partial charge in [-0.1, -0.05) is 12.1 Å². The maximum Gasteiger partial charge on any atom is 0.314 e. The first-order valence-corrected chi connectivity index (χ1v) is 5.06. The van der Waals surface area contributed by atoms with Gasteiger partial charge >= 0.3 is 5.97 Å². The maximum absolute atomic E-state index is 13.1. The van der Waals surface area contributed by atoms with Crippen LogP contribution in [0.3, 0.4) is 0 Å². The van der Waals surface area contributed by atoms with Crippen molar-refractivity contribution >= 4 is 11.8 Å². The second-order valence-corrected chi connectivity index (χ2v) is 4.11. The van der Waals surface area contributed by atoms with Crippen LogP contribution in [0, 0.1) is 5.82 Å². The highest BCUT2D eigenvalue weighted by Gasteiger charge is 2.46. The highest BCUT2D eigenvalue weighted by atomic mass is 19.1. The summed E-state index contributed by atoms with van der Waals surface area (Å²) in [7, 11) is 0. The Bertz CT molecular complexity index is 455. The van der Waals surface area contributed by atoms with E-state index in [9.17, 15) is 19.1 Å². The quantitative estimate of drug-likeness (QED) is 0.831. The van der Waals surface area contributed by atoms with Gasteiger partial charge in [-0.3, -0.25) is 9.59 Å². The number of ketones is 1. The number of benzene rings is 1. The second kappa shape index (κ2) is 3.70. The van der Waals surface area contributed by atoms with Gasteiger partial charge in [0.15, 0.2) is 0 Å². The molecule has 1 aliphatic rings. The SMILES string of the molecule is O=C1CCC(C(=O)O)(c2cccc(F)c2)C1. The number of aliphatic carboxylic acids is 1. The average Bonchev–Trinajstić information content (AvgIpc) is 2.62. The summed E-state index contributed by atoms with van der Waals surface area (Å²) in [6.07, 6.45) is 0.471. The van der Waals surface area contributed by atoms with Gasteiger partial charge in [0.25, 0.3) is 0 Å². The summed E-state index contributed by atoms with van der Waals surface area (Å²) < 4.78 is 13.1. The van der Waals surface area contributed by atoms with Gasteiger partial charge in [-0.05, 0) is 24.1 Å². The molecule has 3 nitrogen and oxygen atoms in total. The summed E-state index contributed by atoms with van der Waals surface area (Å²) in [5, 5.41) is 9.25. The molecule has 0 bridgehead atoms. The van der Waals surface area contributed by atoms with Crippen molar-refractivity contribution in [3.8, 4) is 0 Å². The average molecular weight is 222 g/mol. The fourth-order valence-corrected chi connectivity index (χ4v) is 2.20. The smallest absolute Gasteiger partial charge is 0.314 e. The van der Waals surface area contributed by atoms with Crippen molar-refractivity contribution in [3.05, 3.63) is 35.6 Å². The fraction of sp³-hybridized carbons (Fsp3) is 0.333. The van der Waals surface area contributed by atoms with Crippen LogP contribution in [-0.2, 0) is 15.0 Å². The summed E-state index contributed by atoms with van der Waals surface area (Å²) >= 11 is 0. The largest absolute Gasteiger partial charge is 0.481 e. The second-order valence-electron chi connectivity index (χ2n) is 4.11. The van der Waals surface area contributed by atoms with Crippen molar-refractivity contribution in [3.63, 3.8) is 0 Å². The molecule has 0 radical (unpaired) electrons. The number of carbonyl (C=O) groups is 2. The van der Waals surface area contributed by atoms with Gasteiger partial charge in [-0.25, -0.2) is 4.39 Å². The molecule has 1 aromatic rings. The number of hydrogen-bond donors (Lipinski definition) is 1. The van der Waals surface area contributed by atoms with Crippen LogP contribution in [0.15, 0.2) is 24.3 Å². The van der Waals surface area contributed by atoms with Crippen molar-refractivity contribution in [2.24, 2.45) is 0 Å². The van der Waals surface area contributed by atoms with Gasteiger partial charge in [0.2, 0.25) is 0 Å². The zero-order valence-corrected chi connectivity index (χ0v) is 8.57. The van der Waals surface area contributed by atoms with Crippen molar-refractivity contribution in [2.45, 2.75) is 24.7 Å². The first-order valence-electron chi connectivity index (χ1n) is 5.06. The van der Waals surface area contributed by atoms with E-state index in [0.717, 1.165) is 0 Å². The Morgan fingerprint density at radius 3 is 2.69 bits per heavy atom. The van der Waals surface area contributed by atoms with Crippen LogP contribution in [0.4, 0.5) is 4.39 Å². The van der Waals surface area contributed by atoms with Gasteiger partial charge in [-0.2, -0.15) is 0 Å². The number of halogens is 1. The lowest BCUT2D eigenvalue weighted by atomic mass is 9.79. The molecule has 4 heteroatoms. The van der Waals surface area contributed by atoms with Crippen LogP contribution in [-0.4, -0.2) is 16.9 Å². The lowest BCUT2D eigenvalue weighted by Crippen LogP contribution is -2.33. The number of Topliss-reactive ketones (excluding diaryl/α,β-unsaturated/α-hetero) is 1. The Morgan fingerprint density at radius 1 is 1.44 bits per heavy atom. The normalized spacial score (nSPS) is 24.7. The molecule has 0 amide bonds. The van der Waals surface area contributed by atoms with E-state index in [0.29, 0.717) is 5.56 Å². The third-order valence-corrected chi connectivity index (χ3v) is 3.12. The molecule has 0 spiro atoms. The molecule has 1 atom stereocenters. The van der Waals surface area contributed by atoms with E-state index in [-0.39, 0.29) is 25.0 Å². The highest BCUT2D eigenvalue weighted by molar-refractivity contribution is 5.94. The van der Waals surface area contributed by atoms with Gasteiger partial charge in [-0.15, -0.1) is 0 Å². The number of carboxylic acid groups (broad SMARTS) is 1. The zero-order valence-electron chi connectivity index (χ0n) is 8.57. The van der Waals surface area contributed by atoms with E-state index in [1.54, 1.807) is 6.07 Å². The van der Waals surface area contributed by atoms with E-state index < -0.39 is 17.2 Å². The Kier molecular flexibility index (Phi) is 2.50. The molecule has 1 fully saturated rings. The van der Waals surface area contributed by atoms with Crippen molar-refractivity contribution in [2.75, 3.05) is 0 Å². The number of carboxylic acids is 1. The third kappa shape index (κ3) is 1.60. The molecular weight excluding hydrogens is 211 g/mol. The van der Waals surface area contributed by atoms with E-state index in [1.165, 1.54) is 18.2 Å². The molecule has 0 heterocycles. The molecule has 2 rings (SSSR count). The third-order valence-electron chi connectivity index (χ3n) is 3.12. The maximum atomic E-state index is 13.1. The van der Waals surface area contributed by atoms with Gasteiger partial charge < -0.3 is 5.11 Å². The Hall–Kier alpha value is -1.71. The molecule has 16 heavy (non-hydrogen) atoms. The van der Waals surface area contributed by atoms with Crippen molar-refractivity contribution in [1.82, 2.24) is 0 Å². The Morgan fingerprint density at radius 2 is 2.19 bits per heavy atom. The molecule has 1 N–H and O–H groups in total. The van der Waals surface area contributed by atoms with Gasteiger partial charge in [0, 0.05) is 12.8 Å². The lowest BCUT2D eigenvalue weighted by Gasteiger charge is -2.23. The van der Waals surface area contributed by atoms with Crippen LogP contribution in [0.25, 0.3) is 0 Å². The van der Waals surface area contributed by atoms with E-state index in [2.05, 4.69) is 0 Å². The van der Waals surface area contributed by atoms with Crippen LogP contribution >= 0.6 is 0 Å². The summed E-state index contributed by atoms with van der Waals surface area (Å²) in [6, 6.07) is 5.50.